The summed E-state index contributed by atoms with van der Waals surface area (Å²) in [6.07, 6.45) is 11.1. The van der Waals surface area contributed by atoms with Crippen LogP contribution in [0.3, 0.4) is 0 Å². The number of pyridine rings is 2. The number of hydrogen-bond donors (Lipinski definition) is 1. The molecular weight excluding hydrogens is 371 g/mol. The number of nitrogens with one attached hydrogen (secondary N) is 1. The van der Waals surface area contributed by atoms with E-state index in [1.54, 1.807) is 6.20 Å². The van der Waals surface area contributed by atoms with E-state index >= 15 is 0 Å². The van der Waals surface area contributed by atoms with E-state index in [0.29, 0.717) is 21.3 Å². The second kappa shape index (κ2) is 8.52. The molecule has 3 aromatic heterocycles. The van der Waals surface area contributed by atoms with Crippen molar-refractivity contribution in [3.8, 4) is 0 Å². The Kier molecular flexibility index (Phi) is 6.12. The third kappa shape index (κ3) is 4.00. The molecule has 0 aromatic carbocycles. The predicted octanol–water partition coefficient (Wildman–Crippen LogP) is 5.57. The molecular formula is C19H20Cl2N4O. The number of carbonyl (C=O) groups excluding carboxylic acids is 1. The van der Waals surface area contributed by atoms with Crippen molar-refractivity contribution in [2.75, 3.05) is 5.32 Å². The molecule has 3 rings (SSSR count). The molecule has 7 heteroatoms. The minimum atomic E-state index is -0.273. The second-order valence-corrected chi connectivity index (χ2v) is 6.92. The second-order valence-electron chi connectivity index (χ2n) is 6.10. The van der Waals surface area contributed by atoms with Crippen molar-refractivity contribution in [3.63, 3.8) is 0 Å². The fraction of sp³-hybridized carbons (Fsp3) is 0.316. The van der Waals surface area contributed by atoms with Gasteiger partial charge < -0.3 is 9.88 Å². The van der Waals surface area contributed by atoms with E-state index in [9.17, 15) is 4.79 Å². The van der Waals surface area contributed by atoms with Crippen LogP contribution < -0.4 is 5.32 Å². The minimum Gasteiger partial charge on any atom is -0.332 e. The number of aryl methyl sites for hydroxylation is 1. The van der Waals surface area contributed by atoms with Gasteiger partial charge in [0.25, 0.3) is 5.91 Å². The highest BCUT2D eigenvalue weighted by Gasteiger charge is 2.18. The summed E-state index contributed by atoms with van der Waals surface area (Å²) in [7, 11) is 0. The van der Waals surface area contributed by atoms with Gasteiger partial charge in [-0.05, 0) is 18.6 Å². The topological polar surface area (TPSA) is 59.8 Å². The molecule has 1 N–H and O–H groups in total. The van der Waals surface area contributed by atoms with Gasteiger partial charge in [0.05, 0.1) is 21.3 Å². The first-order valence-electron chi connectivity index (χ1n) is 8.66. The van der Waals surface area contributed by atoms with Crippen molar-refractivity contribution < 1.29 is 4.79 Å². The lowest BCUT2D eigenvalue weighted by molar-refractivity contribution is 0.102. The zero-order valence-corrected chi connectivity index (χ0v) is 16.0. The van der Waals surface area contributed by atoms with Crippen molar-refractivity contribution in [1.82, 2.24) is 14.5 Å². The lowest BCUT2D eigenvalue weighted by atomic mass is 10.2. The normalized spacial score (nSPS) is 11.0. The molecule has 5 nitrogen and oxygen atoms in total. The molecule has 0 spiro atoms. The van der Waals surface area contributed by atoms with Crippen LogP contribution in [0.1, 0.15) is 43.0 Å². The summed E-state index contributed by atoms with van der Waals surface area (Å²) in [6.45, 7) is 3.02. The van der Waals surface area contributed by atoms with Crippen LogP contribution in [0, 0.1) is 0 Å². The number of nitrogens with zero attached hydrogens (tertiary/aromatic N) is 3. The van der Waals surface area contributed by atoms with E-state index in [1.807, 2.05) is 22.9 Å². The number of aromatic nitrogens is 3. The van der Waals surface area contributed by atoms with E-state index in [4.69, 9.17) is 23.2 Å². The smallest absolute Gasteiger partial charge is 0.257 e. The van der Waals surface area contributed by atoms with Gasteiger partial charge in [-0.3, -0.25) is 9.78 Å². The maximum atomic E-state index is 12.8. The molecule has 0 fully saturated rings. The average Bonchev–Trinajstić information content (AvgIpc) is 3.01. The first kappa shape index (κ1) is 18.7. The number of rotatable bonds is 7. The summed E-state index contributed by atoms with van der Waals surface area (Å²) in [6, 6.07) is 3.72. The largest absolute Gasteiger partial charge is 0.332 e. The van der Waals surface area contributed by atoms with Gasteiger partial charge in [0.15, 0.2) is 0 Å². The highest BCUT2D eigenvalue weighted by atomic mass is 35.5. The summed E-state index contributed by atoms with van der Waals surface area (Å²) in [5.41, 5.74) is 1.72. The lowest BCUT2D eigenvalue weighted by Crippen LogP contribution is -2.12. The highest BCUT2D eigenvalue weighted by molar-refractivity contribution is 6.39. The summed E-state index contributed by atoms with van der Waals surface area (Å²) >= 11 is 12.2. The molecule has 0 radical (unpaired) electrons. The zero-order valence-electron chi connectivity index (χ0n) is 14.5. The van der Waals surface area contributed by atoms with E-state index in [0.717, 1.165) is 30.4 Å². The molecule has 0 saturated heterocycles. The molecule has 136 valence electrons. The quantitative estimate of drug-likeness (QED) is 0.536. The van der Waals surface area contributed by atoms with Crippen LogP contribution >= 0.6 is 23.2 Å². The van der Waals surface area contributed by atoms with Crippen molar-refractivity contribution in [1.29, 1.82) is 0 Å². The molecule has 3 aromatic rings. The molecule has 0 aliphatic carbocycles. The number of carbonyl (C=O) groups is 1. The van der Waals surface area contributed by atoms with Gasteiger partial charge in [-0.25, -0.2) is 4.98 Å². The molecule has 0 saturated carbocycles. The first-order chi connectivity index (χ1) is 12.6. The molecule has 0 bridgehead atoms. The standard InChI is InChI=1S/C19H20Cl2N4O/c1-2-3-4-5-9-25-12-14(13-7-6-8-23-18(13)25)19(26)24-17-15(20)10-22-11-16(17)21/h6-8,10-12H,2-5,9H2,1H3,(H,22,24,26). The lowest BCUT2D eigenvalue weighted by Gasteiger charge is -2.08. The van der Waals surface area contributed by atoms with Gasteiger partial charge in [-0.1, -0.05) is 49.4 Å². The number of amides is 1. The van der Waals surface area contributed by atoms with Gasteiger partial charge in [0.2, 0.25) is 0 Å². The summed E-state index contributed by atoms with van der Waals surface area (Å²) in [4.78, 5) is 21.2. The maximum absolute atomic E-state index is 12.8. The Hall–Kier alpha value is -2.11. The van der Waals surface area contributed by atoms with Crippen molar-refractivity contribution in [3.05, 3.63) is 52.5 Å². The van der Waals surface area contributed by atoms with Crippen LogP contribution in [0.15, 0.2) is 36.9 Å². The van der Waals surface area contributed by atoms with Gasteiger partial charge in [-0.15, -0.1) is 0 Å². The summed E-state index contributed by atoms with van der Waals surface area (Å²) < 4.78 is 2.04. The van der Waals surface area contributed by atoms with Crippen LogP contribution in [0.2, 0.25) is 10.0 Å². The molecule has 3 heterocycles. The Balaban J connectivity index is 1.88. The SMILES string of the molecule is CCCCCCn1cc(C(=O)Nc2c(Cl)cncc2Cl)c2cccnc21. The molecule has 0 unspecified atom stereocenters. The Morgan fingerprint density at radius 3 is 2.69 bits per heavy atom. The van der Waals surface area contributed by atoms with E-state index in [-0.39, 0.29) is 5.91 Å². The van der Waals surface area contributed by atoms with Gasteiger partial charge in [-0.2, -0.15) is 0 Å². The third-order valence-electron chi connectivity index (χ3n) is 4.22. The number of halogens is 2. The number of fused-ring (bicyclic) bond motifs is 1. The van der Waals surface area contributed by atoms with Crippen LogP contribution in [0.5, 0.6) is 0 Å². The van der Waals surface area contributed by atoms with Gasteiger partial charge in [0, 0.05) is 36.7 Å². The van der Waals surface area contributed by atoms with Gasteiger partial charge >= 0.3 is 0 Å². The minimum absolute atomic E-state index is 0.273. The molecule has 0 atom stereocenters. The van der Waals surface area contributed by atoms with Crippen LogP contribution in [-0.4, -0.2) is 20.4 Å². The van der Waals surface area contributed by atoms with Crippen molar-refractivity contribution >= 4 is 45.8 Å². The van der Waals surface area contributed by atoms with Crippen LogP contribution in [0.25, 0.3) is 11.0 Å². The Morgan fingerprint density at radius 2 is 1.96 bits per heavy atom. The Labute approximate surface area is 162 Å². The monoisotopic (exact) mass is 390 g/mol. The fourth-order valence-corrected chi connectivity index (χ4v) is 3.35. The van der Waals surface area contributed by atoms with Crippen molar-refractivity contribution in [2.24, 2.45) is 0 Å². The van der Waals surface area contributed by atoms with Gasteiger partial charge in [0.1, 0.15) is 5.65 Å². The summed E-state index contributed by atoms with van der Waals surface area (Å²) in [5, 5.41) is 4.20. The molecule has 0 aliphatic heterocycles. The first-order valence-corrected chi connectivity index (χ1v) is 9.41. The molecule has 1 amide bonds. The van der Waals surface area contributed by atoms with E-state index < -0.39 is 0 Å². The van der Waals surface area contributed by atoms with E-state index in [2.05, 4.69) is 22.2 Å². The number of unbranched alkanes of at least 4 members (excludes halogenated alkanes) is 3. The number of hydrogen-bond acceptors (Lipinski definition) is 3. The predicted molar refractivity (Wildman–Crippen MR) is 106 cm³/mol. The Morgan fingerprint density at radius 1 is 1.19 bits per heavy atom. The average molecular weight is 391 g/mol. The summed E-state index contributed by atoms with van der Waals surface area (Å²) in [5.74, 6) is -0.273. The molecule has 0 aliphatic rings. The highest BCUT2D eigenvalue weighted by Crippen LogP contribution is 2.30. The van der Waals surface area contributed by atoms with Crippen LogP contribution in [-0.2, 0) is 6.54 Å². The van der Waals surface area contributed by atoms with E-state index in [1.165, 1.54) is 25.2 Å². The maximum Gasteiger partial charge on any atom is 0.257 e. The third-order valence-corrected chi connectivity index (χ3v) is 4.80. The number of anilines is 1. The van der Waals surface area contributed by atoms with Crippen molar-refractivity contribution in [2.45, 2.75) is 39.2 Å². The fourth-order valence-electron chi connectivity index (χ4n) is 2.89. The Bertz CT molecular complexity index is 903. The van der Waals surface area contributed by atoms with Crippen LogP contribution in [0.4, 0.5) is 5.69 Å². The zero-order chi connectivity index (χ0) is 18.5. The molecule has 26 heavy (non-hydrogen) atoms.